The minimum Gasteiger partial charge on any atom is -0.465 e. The quantitative estimate of drug-likeness (QED) is 0.618. The molecule has 0 N–H and O–H groups in total. The molecule has 2 heterocycles. The summed E-state index contributed by atoms with van der Waals surface area (Å²) in [5.41, 5.74) is 2.16. The summed E-state index contributed by atoms with van der Waals surface area (Å²) in [4.78, 5) is 26.9. The molecular formula is C20H19NO4. The zero-order valence-electron chi connectivity index (χ0n) is 14.2. The van der Waals surface area contributed by atoms with Crippen LogP contribution in [-0.4, -0.2) is 23.4 Å². The highest BCUT2D eigenvalue weighted by atomic mass is 16.5. The normalized spacial score (nSPS) is 16.0. The number of allylic oxidation sites excluding steroid dienone is 1. The zero-order chi connectivity index (χ0) is 17.8. The van der Waals surface area contributed by atoms with Gasteiger partial charge < -0.3 is 14.1 Å². The van der Waals surface area contributed by atoms with E-state index in [4.69, 9.17) is 9.15 Å². The van der Waals surface area contributed by atoms with Crippen LogP contribution in [0.2, 0.25) is 0 Å². The highest BCUT2D eigenvalue weighted by Gasteiger charge is 2.37. The van der Waals surface area contributed by atoms with E-state index in [1.165, 1.54) is 6.26 Å². The maximum absolute atomic E-state index is 12.9. The van der Waals surface area contributed by atoms with Crippen molar-refractivity contribution in [1.29, 1.82) is 0 Å². The molecule has 0 spiro atoms. The zero-order valence-corrected chi connectivity index (χ0v) is 14.2. The van der Waals surface area contributed by atoms with Crippen molar-refractivity contribution in [2.75, 3.05) is 6.61 Å². The molecule has 25 heavy (non-hydrogen) atoms. The standard InChI is InChI=1S/C20H19NO4/c1-3-24-20(23)18-14(2)21(13-15-8-5-4-6-9-15)19(22)17(18)12-16-10-7-11-25-16/h4-12H,3,13H2,1-2H3. The van der Waals surface area contributed by atoms with E-state index in [0.29, 0.717) is 29.1 Å². The summed E-state index contributed by atoms with van der Waals surface area (Å²) in [6.45, 7) is 4.14. The van der Waals surface area contributed by atoms with Crippen molar-refractivity contribution in [3.05, 3.63) is 76.9 Å². The molecule has 0 atom stereocenters. The van der Waals surface area contributed by atoms with Crippen molar-refractivity contribution < 1.29 is 18.7 Å². The van der Waals surface area contributed by atoms with Crippen LogP contribution in [0.1, 0.15) is 25.2 Å². The number of ether oxygens (including phenoxy) is 1. The molecule has 1 aliphatic heterocycles. The van der Waals surface area contributed by atoms with Gasteiger partial charge in [0.1, 0.15) is 5.76 Å². The molecule has 1 aliphatic rings. The van der Waals surface area contributed by atoms with E-state index in [1.807, 2.05) is 30.3 Å². The first kappa shape index (κ1) is 16.8. The Morgan fingerprint density at radius 3 is 2.60 bits per heavy atom. The van der Waals surface area contributed by atoms with Gasteiger partial charge in [0.2, 0.25) is 0 Å². The van der Waals surface area contributed by atoms with Gasteiger partial charge >= 0.3 is 5.97 Å². The van der Waals surface area contributed by atoms with Gasteiger partial charge in [0.05, 0.1) is 30.6 Å². The molecule has 0 radical (unpaired) electrons. The fourth-order valence-corrected chi connectivity index (χ4v) is 2.80. The molecule has 1 aromatic heterocycles. The number of benzene rings is 1. The van der Waals surface area contributed by atoms with Crippen LogP contribution in [-0.2, 0) is 20.9 Å². The molecular weight excluding hydrogens is 318 g/mol. The number of furan rings is 1. The van der Waals surface area contributed by atoms with Gasteiger partial charge in [-0.1, -0.05) is 30.3 Å². The van der Waals surface area contributed by atoms with Gasteiger partial charge in [-0.05, 0) is 37.6 Å². The van der Waals surface area contributed by atoms with Gasteiger partial charge in [-0.25, -0.2) is 4.79 Å². The molecule has 1 amide bonds. The smallest absolute Gasteiger partial charge is 0.340 e. The van der Waals surface area contributed by atoms with Crippen LogP contribution < -0.4 is 0 Å². The molecule has 128 valence electrons. The Balaban J connectivity index is 2.00. The molecule has 5 heteroatoms. The lowest BCUT2D eigenvalue weighted by atomic mass is 10.1. The van der Waals surface area contributed by atoms with Crippen molar-refractivity contribution in [2.24, 2.45) is 0 Å². The predicted octanol–water partition coefficient (Wildman–Crippen LogP) is 3.54. The summed E-state index contributed by atoms with van der Waals surface area (Å²) >= 11 is 0. The van der Waals surface area contributed by atoms with E-state index >= 15 is 0 Å². The van der Waals surface area contributed by atoms with Crippen LogP contribution in [0.25, 0.3) is 6.08 Å². The third kappa shape index (κ3) is 3.40. The average Bonchev–Trinajstić information content (AvgIpc) is 3.19. The molecule has 3 rings (SSSR count). The van der Waals surface area contributed by atoms with Gasteiger partial charge in [0.15, 0.2) is 0 Å². The Morgan fingerprint density at radius 2 is 1.96 bits per heavy atom. The van der Waals surface area contributed by atoms with Crippen LogP contribution in [0, 0.1) is 0 Å². The topological polar surface area (TPSA) is 59.8 Å². The number of carbonyl (C=O) groups excluding carboxylic acids is 2. The first-order valence-corrected chi connectivity index (χ1v) is 8.11. The lowest BCUT2D eigenvalue weighted by Crippen LogP contribution is -2.24. The fourth-order valence-electron chi connectivity index (χ4n) is 2.80. The lowest BCUT2D eigenvalue weighted by molar-refractivity contribution is -0.138. The van der Waals surface area contributed by atoms with E-state index in [9.17, 15) is 9.59 Å². The van der Waals surface area contributed by atoms with E-state index in [-0.39, 0.29) is 12.5 Å². The molecule has 0 unspecified atom stereocenters. The second kappa shape index (κ2) is 7.21. The predicted molar refractivity (Wildman–Crippen MR) is 93.0 cm³/mol. The second-order valence-corrected chi connectivity index (χ2v) is 5.63. The lowest BCUT2D eigenvalue weighted by Gasteiger charge is -2.17. The Bertz CT molecular complexity index is 832. The maximum Gasteiger partial charge on any atom is 0.340 e. The second-order valence-electron chi connectivity index (χ2n) is 5.63. The monoisotopic (exact) mass is 337 g/mol. The summed E-state index contributed by atoms with van der Waals surface area (Å²) in [7, 11) is 0. The molecule has 0 saturated carbocycles. The van der Waals surface area contributed by atoms with Gasteiger partial charge in [-0.2, -0.15) is 0 Å². The highest BCUT2D eigenvalue weighted by molar-refractivity contribution is 6.16. The number of amides is 1. The number of hydrogen-bond donors (Lipinski definition) is 0. The Morgan fingerprint density at radius 1 is 1.20 bits per heavy atom. The maximum atomic E-state index is 12.9. The van der Waals surface area contributed by atoms with Crippen LogP contribution in [0.15, 0.2) is 70.0 Å². The summed E-state index contributed by atoms with van der Waals surface area (Å²) < 4.78 is 10.4. The molecule has 0 fully saturated rings. The Kier molecular flexibility index (Phi) is 4.84. The van der Waals surface area contributed by atoms with Crippen LogP contribution in [0.3, 0.4) is 0 Å². The van der Waals surface area contributed by atoms with Gasteiger partial charge in [0, 0.05) is 5.70 Å². The summed E-state index contributed by atoms with van der Waals surface area (Å²) in [5, 5.41) is 0. The summed E-state index contributed by atoms with van der Waals surface area (Å²) in [6.07, 6.45) is 3.11. The van der Waals surface area contributed by atoms with E-state index in [2.05, 4.69) is 0 Å². The molecule has 0 saturated heterocycles. The summed E-state index contributed by atoms with van der Waals surface area (Å²) in [6, 6.07) is 13.1. The molecule has 0 aliphatic carbocycles. The minimum atomic E-state index is -0.498. The third-order valence-electron chi connectivity index (χ3n) is 4.00. The third-order valence-corrected chi connectivity index (χ3v) is 4.00. The number of esters is 1. The van der Waals surface area contributed by atoms with Gasteiger partial charge in [-0.15, -0.1) is 0 Å². The van der Waals surface area contributed by atoms with Crippen molar-refractivity contribution >= 4 is 18.0 Å². The summed E-state index contributed by atoms with van der Waals surface area (Å²) in [5.74, 6) is -0.220. The van der Waals surface area contributed by atoms with E-state index in [1.54, 1.807) is 37.0 Å². The number of rotatable bonds is 5. The highest BCUT2D eigenvalue weighted by Crippen LogP contribution is 2.32. The van der Waals surface area contributed by atoms with Crippen LogP contribution in [0.4, 0.5) is 0 Å². The fraction of sp³-hybridized carbons (Fsp3) is 0.200. The van der Waals surface area contributed by atoms with Crippen molar-refractivity contribution in [1.82, 2.24) is 4.90 Å². The molecule has 2 aromatic rings. The molecule has 0 bridgehead atoms. The van der Waals surface area contributed by atoms with E-state index in [0.717, 1.165) is 5.56 Å². The Hall–Kier alpha value is -3.08. The van der Waals surface area contributed by atoms with Crippen molar-refractivity contribution in [2.45, 2.75) is 20.4 Å². The number of nitrogens with zero attached hydrogens (tertiary/aromatic N) is 1. The first-order valence-electron chi connectivity index (χ1n) is 8.11. The Labute approximate surface area is 146 Å². The van der Waals surface area contributed by atoms with Crippen molar-refractivity contribution in [3.63, 3.8) is 0 Å². The molecule has 5 nitrogen and oxygen atoms in total. The number of hydrogen-bond acceptors (Lipinski definition) is 4. The van der Waals surface area contributed by atoms with Crippen molar-refractivity contribution in [3.8, 4) is 0 Å². The van der Waals surface area contributed by atoms with Crippen LogP contribution >= 0.6 is 0 Å². The average molecular weight is 337 g/mol. The molecule has 1 aromatic carbocycles. The first-order chi connectivity index (χ1) is 12.1. The van der Waals surface area contributed by atoms with Gasteiger partial charge in [0.25, 0.3) is 5.91 Å². The SMILES string of the molecule is CCOC(=O)C1=C(C)N(Cc2ccccc2)C(=O)C1=Cc1ccco1. The number of carbonyl (C=O) groups is 2. The largest absolute Gasteiger partial charge is 0.465 e. The van der Waals surface area contributed by atoms with E-state index < -0.39 is 5.97 Å². The van der Waals surface area contributed by atoms with Crippen LogP contribution in [0.5, 0.6) is 0 Å². The van der Waals surface area contributed by atoms with Gasteiger partial charge in [-0.3, -0.25) is 4.79 Å². The minimum absolute atomic E-state index is 0.235.